The van der Waals surface area contributed by atoms with Gasteiger partial charge in [-0.3, -0.25) is 20.4 Å². The van der Waals surface area contributed by atoms with Crippen molar-refractivity contribution in [2.45, 2.75) is 6.92 Å². The third-order valence-electron chi connectivity index (χ3n) is 3.76. The van der Waals surface area contributed by atoms with Crippen molar-refractivity contribution in [3.8, 4) is 5.75 Å². The van der Waals surface area contributed by atoms with Crippen molar-refractivity contribution < 1.29 is 18.7 Å². The first-order chi connectivity index (χ1) is 13.4. The van der Waals surface area contributed by atoms with E-state index in [1.165, 1.54) is 24.3 Å². The molecule has 0 spiro atoms. The highest BCUT2D eigenvalue weighted by atomic mass is 35.5. The summed E-state index contributed by atoms with van der Waals surface area (Å²) in [7, 11) is 0. The standard InChI is InChI=1S/C19H14Cl2FN3O3/c1-10-6-7-11-13(20)8-14(21)18(17(11)23-10)28-9-16(26)24-25-19(27)12-4-2-3-5-15(12)22/h2-8H,9H2,1H3,(H,24,26)(H,25,27). The first-order valence-corrected chi connectivity index (χ1v) is 8.84. The third kappa shape index (κ3) is 4.32. The molecule has 2 amide bonds. The largest absolute Gasteiger partial charge is 0.480 e. The zero-order chi connectivity index (χ0) is 20.3. The number of ether oxygens (including phenoxy) is 1. The van der Waals surface area contributed by atoms with Crippen molar-refractivity contribution in [2.75, 3.05) is 6.61 Å². The van der Waals surface area contributed by atoms with Gasteiger partial charge in [0.15, 0.2) is 12.4 Å². The van der Waals surface area contributed by atoms with E-state index in [2.05, 4.69) is 15.8 Å². The van der Waals surface area contributed by atoms with Crippen LogP contribution in [0, 0.1) is 12.7 Å². The quantitative estimate of drug-likeness (QED) is 0.627. The summed E-state index contributed by atoms with van der Waals surface area (Å²) in [4.78, 5) is 28.2. The van der Waals surface area contributed by atoms with E-state index in [1.54, 1.807) is 19.1 Å². The molecule has 0 aliphatic heterocycles. The molecule has 0 aliphatic carbocycles. The number of amides is 2. The number of hydrazine groups is 1. The molecular weight excluding hydrogens is 408 g/mol. The molecule has 1 heterocycles. The molecule has 1 aromatic heterocycles. The molecule has 0 aliphatic rings. The number of halogens is 3. The van der Waals surface area contributed by atoms with E-state index in [9.17, 15) is 14.0 Å². The van der Waals surface area contributed by atoms with Crippen LogP contribution in [0.3, 0.4) is 0 Å². The number of nitrogens with zero attached hydrogens (tertiary/aromatic N) is 1. The van der Waals surface area contributed by atoms with Crippen LogP contribution < -0.4 is 15.6 Å². The minimum absolute atomic E-state index is 0.193. The summed E-state index contributed by atoms with van der Waals surface area (Å²) < 4.78 is 19.1. The molecule has 2 aromatic carbocycles. The van der Waals surface area contributed by atoms with Gasteiger partial charge in [0, 0.05) is 11.1 Å². The Bertz CT molecular complexity index is 1080. The van der Waals surface area contributed by atoms with E-state index in [0.717, 1.165) is 11.8 Å². The Kier molecular flexibility index (Phi) is 5.96. The lowest BCUT2D eigenvalue weighted by Crippen LogP contribution is -2.44. The Morgan fingerprint density at radius 1 is 1.11 bits per heavy atom. The number of carbonyl (C=O) groups excluding carboxylic acids is 2. The normalized spacial score (nSPS) is 10.6. The molecule has 0 atom stereocenters. The number of rotatable bonds is 4. The van der Waals surface area contributed by atoms with Crippen molar-refractivity contribution in [2.24, 2.45) is 0 Å². The van der Waals surface area contributed by atoms with Gasteiger partial charge < -0.3 is 4.74 Å². The van der Waals surface area contributed by atoms with Crippen LogP contribution in [0.2, 0.25) is 10.0 Å². The van der Waals surface area contributed by atoms with E-state index in [0.29, 0.717) is 15.9 Å². The molecule has 6 nitrogen and oxygen atoms in total. The molecule has 28 heavy (non-hydrogen) atoms. The zero-order valence-electron chi connectivity index (χ0n) is 14.6. The molecule has 0 unspecified atom stereocenters. The third-order valence-corrected chi connectivity index (χ3v) is 4.35. The molecule has 144 valence electrons. The molecule has 3 aromatic rings. The average Bonchev–Trinajstić information content (AvgIpc) is 2.66. The Morgan fingerprint density at radius 3 is 2.61 bits per heavy atom. The lowest BCUT2D eigenvalue weighted by atomic mass is 10.2. The molecule has 0 saturated heterocycles. The minimum Gasteiger partial charge on any atom is -0.480 e. The maximum Gasteiger partial charge on any atom is 0.276 e. The van der Waals surface area contributed by atoms with Crippen LogP contribution in [0.15, 0.2) is 42.5 Å². The van der Waals surface area contributed by atoms with Crippen LogP contribution in [0.5, 0.6) is 5.75 Å². The van der Waals surface area contributed by atoms with Gasteiger partial charge in [-0.15, -0.1) is 0 Å². The molecule has 0 saturated carbocycles. The summed E-state index contributed by atoms with van der Waals surface area (Å²) in [6, 6.07) is 10.5. The monoisotopic (exact) mass is 421 g/mol. The Hall–Kier alpha value is -2.90. The second-order valence-corrected chi connectivity index (χ2v) is 6.60. The molecule has 0 radical (unpaired) electrons. The van der Waals surface area contributed by atoms with Gasteiger partial charge in [0.1, 0.15) is 11.3 Å². The van der Waals surface area contributed by atoms with E-state index in [1.807, 2.05) is 0 Å². The smallest absolute Gasteiger partial charge is 0.276 e. The lowest BCUT2D eigenvalue weighted by Gasteiger charge is -2.13. The van der Waals surface area contributed by atoms with Gasteiger partial charge >= 0.3 is 0 Å². The van der Waals surface area contributed by atoms with Crippen molar-refractivity contribution in [1.29, 1.82) is 0 Å². The van der Waals surface area contributed by atoms with Gasteiger partial charge in [-0.1, -0.05) is 35.3 Å². The zero-order valence-corrected chi connectivity index (χ0v) is 16.1. The van der Waals surface area contributed by atoms with E-state index >= 15 is 0 Å². The number of hydrogen-bond donors (Lipinski definition) is 2. The van der Waals surface area contributed by atoms with Gasteiger partial charge in [0.2, 0.25) is 0 Å². The van der Waals surface area contributed by atoms with Crippen molar-refractivity contribution in [3.05, 3.63) is 69.6 Å². The molecule has 2 N–H and O–H groups in total. The first kappa shape index (κ1) is 19.9. The van der Waals surface area contributed by atoms with Gasteiger partial charge in [-0.2, -0.15) is 0 Å². The Labute approximate surface area is 169 Å². The average molecular weight is 422 g/mol. The molecule has 0 bridgehead atoms. The fraction of sp³-hybridized carbons (Fsp3) is 0.105. The number of pyridine rings is 1. The maximum atomic E-state index is 13.6. The second-order valence-electron chi connectivity index (χ2n) is 5.79. The van der Waals surface area contributed by atoms with Crippen LogP contribution in [-0.4, -0.2) is 23.4 Å². The highest BCUT2D eigenvalue weighted by Crippen LogP contribution is 2.37. The summed E-state index contributed by atoms with van der Waals surface area (Å²) in [5.41, 5.74) is 5.20. The summed E-state index contributed by atoms with van der Waals surface area (Å²) >= 11 is 12.3. The molecule has 0 fully saturated rings. The molecular formula is C19H14Cl2FN3O3. The Balaban J connectivity index is 1.67. The highest BCUT2D eigenvalue weighted by molar-refractivity contribution is 6.39. The SMILES string of the molecule is Cc1ccc2c(Cl)cc(Cl)c(OCC(=O)NNC(=O)c3ccccc3F)c2n1. The lowest BCUT2D eigenvalue weighted by molar-refractivity contribution is -0.123. The van der Waals surface area contributed by atoms with Crippen LogP contribution in [0.4, 0.5) is 4.39 Å². The Morgan fingerprint density at radius 2 is 1.86 bits per heavy atom. The number of hydrogen-bond acceptors (Lipinski definition) is 4. The maximum absolute atomic E-state index is 13.6. The predicted octanol–water partition coefficient (Wildman–Crippen LogP) is 3.83. The van der Waals surface area contributed by atoms with Gasteiger partial charge in [-0.25, -0.2) is 9.37 Å². The van der Waals surface area contributed by atoms with Crippen LogP contribution in [-0.2, 0) is 4.79 Å². The van der Waals surface area contributed by atoms with Crippen LogP contribution in [0.25, 0.3) is 10.9 Å². The molecule has 3 rings (SSSR count). The second kappa shape index (κ2) is 8.41. The summed E-state index contributed by atoms with van der Waals surface area (Å²) in [6.45, 7) is 1.34. The minimum atomic E-state index is -0.793. The van der Waals surface area contributed by atoms with E-state index < -0.39 is 24.2 Å². The fourth-order valence-corrected chi connectivity index (χ4v) is 3.01. The van der Waals surface area contributed by atoms with Gasteiger partial charge in [-0.05, 0) is 37.3 Å². The van der Waals surface area contributed by atoms with Crippen LogP contribution in [0.1, 0.15) is 16.1 Å². The van der Waals surface area contributed by atoms with Crippen molar-refractivity contribution >= 4 is 45.9 Å². The number of benzene rings is 2. The van der Waals surface area contributed by atoms with Gasteiger partial charge in [0.25, 0.3) is 11.8 Å². The summed E-state index contributed by atoms with van der Waals surface area (Å²) in [5, 5.41) is 1.22. The number of nitrogens with one attached hydrogen (secondary N) is 2. The number of carbonyl (C=O) groups is 2. The number of aryl methyl sites for hydroxylation is 1. The van der Waals surface area contributed by atoms with Crippen molar-refractivity contribution in [1.82, 2.24) is 15.8 Å². The summed E-state index contributed by atoms with van der Waals surface area (Å²) in [6.07, 6.45) is 0. The molecule has 9 heteroatoms. The first-order valence-electron chi connectivity index (χ1n) is 8.08. The van der Waals surface area contributed by atoms with E-state index in [-0.39, 0.29) is 16.3 Å². The topological polar surface area (TPSA) is 80.3 Å². The summed E-state index contributed by atoms with van der Waals surface area (Å²) in [5.74, 6) is -1.97. The number of fused-ring (bicyclic) bond motifs is 1. The highest BCUT2D eigenvalue weighted by Gasteiger charge is 2.16. The number of aromatic nitrogens is 1. The van der Waals surface area contributed by atoms with Crippen molar-refractivity contribution in [3.63, 3.8) is 0 Å². The van der Waals surface area contributed by atoms with E-state index in [4.69, 9.17) is 27.9 Å². The van der Waals surface area contributed by atoms with Crippen LogP contribution >= 0.6 is 23.2 Å². The fourth-order valence-electron chi connectivity index (χ4n) is 2.44. The predicted molar refractivity (Wildman–Crippen MR) is 104 cm³/mol. The van der Waals surface area contributed by atoms with Gasteiger partial charge in [0.05, 0.1) is 15.6 Å².